The van der Waals surface area contributed by atoms with Gasteiger partial charge in [0.15, 0.2) is 5.13 Å². The van der Waals surface area contributed by atoms with Gasteiger partial charge in [-0.25, -0.2) is 9.97 Å². The number of carbonyl (C=O) groups excluding carboxylic acids is 1. The van der Waals surface area contributed by atoms with Crippen LogP contribution in [0.15, 0.2) is 42.9 Å². The van der Waals surface area contributed by atoms with E-state index in [0.29, 0.717) is 5.13 Å². The molecule has 0 spiro atoms. The predicted octanol–water partition coefficient (Wildman–Crippen LogP) is 3.26. The maximum Gasteiger partial charge on any atom is 0.223 e. The van der Waals surface area contributed by atoms with E-state index in [2.05, 4.69) is 15.3 Å². The Hall–Kier alpha value is -2.47. The predicted molar refractivity (Wildman–Crippen MR) is 83.7 cm³/mol. The van der Waals surface area contributed by atoms with Crippen molar-refractivity contribution >= 4 is 22.4 Å². The lowest BCUT2D eigenvalue weighted by molar-refractivity contribution is -0.114. The molecule has 1 aromatic carbocycles. The van der Waals surface area contributed by atoms with Crippen molar-refractivity contribution in [1.29, 1.82) is 0 Å². The van der Waals surface area contributed by atoms with Gasteiger partial charge in [-0.1, -0.05) is 41.7 Å². The van der Waals surface area contributed by atoms with Crippen molar-refractivity contribution in [3.8, 4) is 16.3 Å². The minimum absolute atomic E-state index is 0.128. The Labute approximate surface area is 126 Å². The van der Waals surface area contributed by atoms with E-state index in [1.807, 2.05) is 48.0 Å². The van der Waals surface area contributed by atoms with Gasteiger partial charge in [-0.3, -0.25) is 9.36 Å². The molecule has 3 rings (SSSR count). The number of anilines is 1. The zero-order chi connectivity index (χ0) is 14.8. The average Bonchev–Trinajstić information content (AvgIpc) is 3.05. The molecule has 0 unspecified atom stereocenters. The van der Waals surface area contributed by atoms with Gasteiger partial charge in [0, 0.05) is 18.7 Å². The lowest BCUT2D eigenvalue weighted by Crippen LogP contribution is -2.04. The van der Waals surface area contributed by atoms with Crippen LogP contribution in [0.3, 0.4) is 0 Å². The first-order chi connectivity index (χ1) is 10.1. The van der Waals surface area contributed by atoms with Gasteiger partial charge in [0.1, 0.15) is 17.0 Å². The number of thiazole rings is 1. The van der Waals surface area contributed by atoms with Crippen LogP contribution in [-0.4, -0.2) is 20.4 Å². The molecule has 106 valence electrons. The van der Waals surface area contributed by atoms with E-state index in [1.165, 1.54) is 18.3 Å². The minimum atomic E-state index is -0.128. The topological polar surface area (TPSA) is 59.8 Å². The van der Waals surface area contributed by atoms with Crippen LogP contribution in [-0.2, 0) is 4.79 Å². The molecule has 0 bridgehead atoms. The van der Waals surface area contributed by atoms with E-state index in [1.54, 1.807) is 6.33 Å². The molecular formula is C15H14N4OS. The molecule has 0 radical (unpaired) electrons. The maximum absolute atomic E-state index is 11.2. The van der Waals surface area contributed by atoms with Gasteiger partial charge in [-0.2, -0.15) is 0 Å². The molecule has 21 heavy (non-hydrogen) atoms. The van der Waals surface area contributed by atoms with Crippen LogP contribution in [0.2, 0.25) is 0 Å². The van der Waals surface area contributed by atoms with Crippen LogP contribution in [0.5, 0.6) is 0 Å². The van der Waals surface area contributed by atoms with Gasteiger partial charge in [0.25, 0.3) is 0 Å². The summed E-state index contributed by atoms with van der Waals surface area (Å²) in [4.78, 5) is 20.0. The van der Waals surface area contributed by atoms with Crippen molar-refractivity contribution in [2.24, 2.45) is 0 Å². The summed E-state index contributed by atoms with van der Waals surface area (Å²) in [5.41, 5.74) is 2.77. The van der Waals surface area contributed by atoms with Crippen LogP contribution >= 0.6 is 11.3 Å². The number of nitrogens with zero attached hydrogens (tertiary/aromatic N) is 3. The molecule has 0 saturated heterocycles. The Kier molecular flexibility index (Phi) is 3.53. The molecule has 0 atom stereocenters. The van der Waals surface area contributed by atoms with Gasteiger partial charge in [-0.15, -0.1) is 0 Å². The summed E-state index contributed by atoms with van der Waals surface area (Å²) in [5, 5.41) is 4.27. The molecular weight excluding hydrogens is 284 g/mol. The number of hydrogen-bond donors (Lipinski definition) is 1. The molecule has 6 heteroatoms. The van der Waals surface area contributed by atoms with E-state index in [9.17, 15) is 4.79 Å². The highest BCUT2D eigenvalue weighted by molar-refractivity contribution is 7.18. The number of aromatic nitrogens is 3. The van der Waals surface area contributed by atoms with Crippen molar-refractivity contribution < 1.29 is 4.79 Å². The van der Waals surface area contributed by atoms with Gasteiger partial charge in [0.05, 0.1) is 5.69 Å². The maximum atomic E-state index is 11.2. The molecule has 0 aliphatic carbocycles. The summed E-state index contributed by atoms with van der Waals surface area (Å²) in [6, 6.07) is 9.90. The van der Waals surface area contributed by atoms with Crippen LogP contribution in [0.4, 0.5) is 5.13 Å². The molecule has 3 aromatic rings. The monoisotopic (exact) mass is 298 g/mol. The normalized spacial score (nSPS) is 10.6. The van der Waals surface area contributed by atoms with Crippen LogP contribution in [0, 0.1) is 6.92 Å². The number of benzene rings is 1. The number of amides is 1. The van der Waals surface area contributed by atoms with E-state index in [4.69, 9.17) is 0 Å². The van der Waals surface area contributed by atoms with Gasteiger partial charge in [0.2, 0.25) is 5.91 Å². The summed E-state index contributed by atoms with van der Waals surface area (Å²) in [7, 11) is 0. The Balaban J connectivity index is 2.12. The van der Waals surface area contributed by atoms with Crippen LogP contribution in [0.25, 0.3) is 16.3 Å². The molecule has 1 amide bonds. The fourth-order valence-corrected chi connectivity index (χ4v) is 2.99. The fraction of sp³-hybridized carbons (Fsp3) is 0.133. The first-order valence-electron chi connectivity index (χ1n) is 6.48. The zero-order valence-electron chi connectivity index (χ0n) is 11.7. The quantitative estimate of drug-likeness (QED) is 0.807. The van der Waals surface area contributed by atoms with Crippen molar-refractivity contribution in [2.75, 3.05) is 5.32 Å². The van der Waals surface area contributed by atoms with Crippen molar-refractivity contribution in [3.05, 3.63) is 48.5 Å². The van der Waals surface area contributed by atoms with Gasteiger partial charge >= 0.3 is 0 Å². The summed E-state index contributed by atoms with van der Waals surface area (Å²) in [6.07, 6.45) is 3.70. The molecule has 0 aliphatic heterocycles. The van der Waals surface area contributed by atoms with Gasteiger partial charge < -0.3 is 5.32 Å². The van der Waals surface area contributed by atoms with E-state index in [0.717, 1.165) is 22.0 Å². The number of aryl methyl sites for hydroxylation is 1. The highest BCUT2D eigenvalue weighted by Gasteiger charge is 2.15. The number of nitrogens with one attached hydrogen (secondary N) is 1. The number of imidazole rings is 1. The second kappa shape index (κ2) is 5.49. The third-order valence-electron chi connectivity index (χ3n) is 2.89. The molecule has 0 fully saturated rings. The summed E-state index contributed by atoms with van der Waals surface area (Å²) >= 11 is 1.43. The molecule has 2 aromatic heterocycles. The smallest absolute Gasteiger partial charge is 0.223 e. The third-order valence-corrected chi connectivity index (χ3v) is 3.87. The molecule has 5 nitrogen and oxygen atoms in total. The Morgan fingerprint density at radius 3 is 2.67 bits per heavy atom. The van der Waals surface area contributed by atoms with E-state index in [-0.39, 0.29) is 5.91 Å². The lowest BCUT2D eigenvalue weighted by Gasteiger charge is -2.02. The number of hydrogen-bond acceptors (Lipinski definition) is 4. The fourth-order valence-electron chi connectivity index (χ4n) is 2.01. The standard InChI is InChI=1S/C15H14N4OS/c1-10-8-19(9-16-10)14-13(12-6-4-3-5-7-12)18-15(21-14)17-11(2)20/h3-9H,1-2H3,(H,17,18,20). The average molecular weight is 298 g/mol. The summed E-state index contributed by atoms with van der Waals surface area (Å²) < 4.78 is 1.93. The van der Waals surface area contributed by atoms with E-state index < -0.39 is 0 Å². The summed E-state index contributed by atoms with van der Waals surface area (Å²) in [5.74, 6) is -0.128. The Morgan fingerprint density at radius 1 is 1.29 bits per heavy atom. The molecule has 2 heterocycles. The Bertz CT molecular complexity index is 776. The van der Waals surface area contributed by atoms with Gasteiger partial charge in [-0.05, 0) is 6.92 Å². The Morgan fingerprint density at radius 2 is 2.05 bits per heavy atom. The molecule has 0 saturated carbocycles. The first-order valence-corrected chi connectivity index (χ1v) is 7.30. The first kappa shape index (κ1) is 13.5. The third kappa shape index (κ3) is 2.85. The SMILES string of the molecule is CC(=O)Nc1nc(-c2ccccc2)c(-n2cnc(C)c2)s1. The van der Waals surface area contributed by atoms with Crippen molar-refractivity contribution in [2.45, 2.75) is 13.8 Å². The lowest BCUT2D eigenvalue weighted by atomic mass is 10.2. The van der Waals surface area contributed by atoms with E-state index >= 15 is 0 Å². The van der Waals surface area contributed by atoms with Crippen LogP contribution in [0.1, 0.15) is 12.6 Å². The van der Waals surface area contributed by atoms with Crippen LogP contribution < -0.4 is 5.32 Å². The second-order valence-corrected chi connectivity index (χ2v) is 5.62. The van der Waals surface area contributed by atoms with Crippen molar-refractivity contribution in [3.63, 3.8) is 0 Å². The highest BCUT2D eigenvalue weighted by Crippen LogP contribution is 2.34. The number of rotatable bonds is 3. The van der Waals surface area contributed by atoms with Crippen molar-refractivity contribution in [1.82, 2.24) is 14.5 Å². The molecule has 0 aliphatic rings. The second-order valence-electron chi connectivity index (χ2n) is 4.64. The molecule has 1 N–H and O–H groups in total. The number of carbonyl (C=O) groups is 1. The largest absolute Gasteiger partial charge is 0.302 e. The highest BCUT2D eigenvalue weighted by atomic mass is 32.1. The zero-order valence-corrected chi connectivity index (χ0v) is 12.5. The summed E-state index contributed by atoms with van der Waals surface area (Å²) in [6.45, 7) is 3.42. The minimum Gasteiger partial charge on any atom is -0.302 e.